The van der Waals surface area contributed by atoms with E-state index < -0.39 is 0 Å². The van der Waals surface area contributed by atoms with Gasteiger partial charge in [0.15, 0.2) is 12.4 Å². The average molecular weight is 411 g/mol. The number of ether oxygens (including phenoxy) is 2. The lowest BCUT2D eigenvalue weighted by Crippen LogP contribution is -2.23. The van der Waals surface area contributed by atoms with E-state index in [1.807, 2.05) is 6.08 Å². The van der Waals surface area contributed by atoms with Crippen molar-refractivity contribution in [3.63, 3.8) is 0 Å². The Bertz CT molecular complexity index is 647. The highest BCUT2D eigenvalue weighted by molar-refractivity contribution is 7.09. The van der Waals surface area contributed by atoms with E-state index in [1.165, 1.54) is 0 Å². The number of hydrogen-bond acceptors (Lipinski definition) is 4. The van der Waals surface area contributed by atoms with Crippen molar-refractivity contribution in [3.05, 3.63) is 53.6 Å². The number of unbranched alkanes of at least 4 members (excludes halogenated alkanes) is 1. The zero-order chi connectivity index (χ0) is 19.5. The summed E-state index contributed by atoms with van der Waals surface area (Å²) in [5.41, 5.74) is 0. The average Bonchev–Trinajstić information content (AvgIpc) is 3.06. The van der Waals surface area contributed by atoms with Crippen LogP contribution in [0.3, 0.4) is 0 Å². The minimum absolute atomic E-state index is 0.0297. The topological polar surface area (TPSA) is 44.8 Å². The van der Waals surface area contributed by atoms with Gasteiger partial charge in [0.1, 0.15) is 5.75 Å². The summed E-state index contributed by atoms with van der Waals surface area (Å²) in [6, 6.07) is 7.00. The largest absolute Gasteiger partial charge is 0.485 e. The number of benzene rings is 1. The number of allylic oxidation sites excluding steroid dienone is 2. The number of carbonyl (C=O) groups excluding carboxylic acids is 1. The van der Waals surface area contributed by atoms with Gasteiger partial charge in [-0.1, -0.05) is 49.2 Å². The Morgan fingerprint density at radius 1 is 1.37 bits per heavy atom. The van der Waals surface area contributed by atoms with Gasteiger partial charge in [0.2, 0.25) is 0 Å². The molecule has 1 aromatic rings. The third kappa shape index (κ3) is 7.75. The van der Waals surface area contributed by atoms with Crippen molar-refractivity contribution in [3.8, 4) is 5.75 Å². The molecule has 0 spiro atoms. The van der Waals surface area contributed by atoms with Crippen LogP contribution in [0.5, 0.6) is 5.75 Å². The molecule has 1 fully saturated rings. The predicted molar refractivity (Wildman–Crippen MR) is 112 cm³/mol. The molecule has 2 unspecified atom stereocenters. The summed E-state index contributed by atoms with van der Waals surface area (Å²) in [5, 5.41) is 0.578. The lowest BCUT2D eigenvalue weighted by Gasteiger charge is -2.19. The monoisotopic (exact) mass is 410 g/mol. The first kappa shape index (κ1) is 22.1. The normalized spacial score (nSPS) is 22.7. The molecule has 148 valence electrons. The van der Waals surface area contributed by atoms with Crippen LogP contribution < -0.4 is 4.74 Å². The quantitative estimate of drug-likeness (QED) is 0.287. The van der Waals surface area contributed by atoms with E-state index in [0.29, 0.717) is 17.4 Å². The van der Waals surface area contributed by atoms with Crippen LogP contribution in [0.2, 0.25) is 5.02 Å². The summed E-state index contributed by atoms with van der Waals surface area (Å²) in [6.07, 6.45) is 11.9. The van der Waals surface area contributed by atoms with Crippen LogP contribution in [0.1, 0.15) is 32.6 Å². The molecule has 6 heteroatoms. The van der Waals surface area contributed by atoms with Gasteiger partial charge in [-0.05, 0) is 43.5 Å². The fourth-order valence-electron chi connectivity index (χ4n) is 3.01. The molecule has 1 aliphatic rings. The molecule has 27 heavy (non-hydrogen) atoms. The molecule has 4 atom stereocenters. The van der Waals surface area contributed by atoms with Gasteiger partial charge in [0.05, 0.1) is 18.8 Å². The molecule has 0 amide bonds. The summed E-state index contributed by atoms with van der Waals surface area (Å²) >= 11 is 5.91. The molecule has 1 saturated heterocycles. The molecular formula is C21H28ClO4P. The van der Waals surface area contributed by atoms with Crippen LogP contribution in [-0.4, -0.2) is 31.2 Å². The predicted octanol–water partition coefficient (Wildman–Crippen LogP) is 5.17. The maximum Gasteiger partial charge on any atom is 0.192 e. The SMILES string of the molecule is CCC/C=C\CC[C@H]1C(OP)CO[C@@H]1/C=C/C(=O)COc1cccc(Cl)c1. The van der Waals surface area contributed by atoms with Crippen LogP contribution in [0.4, 0.5) is 0 Å². The minimum atomic E-state index is -0.120. The number of halogens is 1. The van der Waals surface area contributed by atoms with Crippen molar-refractivity contribution in [2.45, 2.75) is 44.8 Å². The second kappa shape index (κ2) is 12.3. The molecule has 2 rings (SSSR count). The summed E-state index contributed by atoms with van der Waals surface area (Å²) in [7, 11) is 2.33. The number of hydrogen-bond donors (Lipinski definition) is 0. The van der Waals surface area contributed by atoms with E-state index in [2.05, 4.69) is 28.5 Å². The van der Waals surface area contributed by atoms with E-state index in [4.69, 9.17) is 25.6 Å². The third-order valence-electron chi connectivity index (χ3n) is 4.46. The summed E-state index contributed by atoms with van der Waals surface area (Å²) in [5.74, 6) is 0.691. The minimum Gasteiger partial charge on any atom is -0.485 e. The maximum absolute atomic E-state index is 12.1. The van der Waals surface area contributed by atoms with Gasteiger partial charge in [-0.25, -0.2) is 0 Å². The van der Waals surface area contributed by atoms with E-state index in [0.717, 1.165) is 25.7 Å². The van der Waals surface area contributed by atoms with E-state index in [1.54, 1.807) is 30.3 Å². The first-order valence-corrected chi connectivity index (χ1v) is 10.2. The molecule has 1 heterocycles. The number of rotatable bonds is 11. The molecule has 0 bridgehead atoms. The van der Waals surface area contributed by atoms with Crippen molar-refractivity contribution in [1.82, 2.24) is 0 Å². The van der Waals surface area contributed by atoms with Gasteiger partial charge in [-0.15, -0.1) is 0 Å². The molecule has 0 radical (unpaired) electrons. The fourth-order valence-corrected chi connectivity index (χ4v) is 3.47. The van der Waals surface area contributed by atoms with Crippen molar-refractivity contribution >= 4 is 26.9 Å². The van der Waals surface area contributed by atoms with Crippen molar-refractivity contribution in [1.29, 1.82) is 0 Å². The van der Waals surface area contributed by atoms with Gasteiger partial charge in [0.25, 0.3) is 0 Å². The highest BCUT2D eigenvalue weighted by Crippen LogP contribution is 2.30. The van der Waals surface area contributed by atoms with E-state index in [-0.39, 0.29) is 30.5 Å². The van der Waals surface area contributed by atoms with Crippen LogP contribution in [0.25, 0.3) is 0 Å². The second-order valence-electron chi connectivity index (χ2n) is 6.55. The first-order valence-electron chi connectivity index (χ1n) is 9.35. The Morgan fingerprint density at radius 3 is 2.93 bits per heavy atom. The lowest BCUT2D eigenvalue weighted by atomic mass is 9.93. The third-order valence-corrected chi connectivity index (χ3v) is 5.05. The molecule has 1 aliphatic heterocycles. The highest BCUT2D eigenvalue weighted by atomic mass is 35.5. The molecule has 4 nitrogen and oxygen atoms in total. The maximum atomic E-state index is 12.1. The van der Waals surface area contributed by atoms with Gasteiger partial charge >= 0.3 is 0 Å². The Balaban J connectivity index is 1.84. The molecule has 0 aliphatic carbocycles. The van der Waals surface area contributed by atoms with Crippen molar-refractivity contribution in [2.24, 2.45) is 5.92 Å². The molecular weight excluding hydrogens is 383 g/mol. The van der Waals surface area contributed by atoms with Crippen LogP contribution in [0.15, 0.2) is 48.6 Å². The van der Waals surface area contributed by atoms with Crippen molar-refractivity contribution < 1.29 is 18.8 Å². The van der Waals surface area contributed by atoms with Gasteiger partial charge < -0.3 is 14.0 Å². The van der Waals surface area contributed by atoms with Crippen LogP contribution in [0, 0.1) is 5.92 Å². The summed E-state index contributed by atoms with van der Waals surface area (Å²) in [4.78, 5) is 12.1. The van der Waals surface area contributed by atoms with E-state index in [9.17, 15) is 4.79 Å². The van der Waals surface area contributed by atoms with E-state index >= 15 is 0 Å². The Hall–Kier alpha value is -1.19. The lowest BCUT2D eigenvalue weighted by molar-refractivity contribution is -0.116. The molecule has 0 N–H and O–H groups in total. The summed E-state index contributed by atoms with van der Waals surface area (Å²) in [6.45, 7) is 2.67. The zero-order valence-electron chi connectivity index (χ0n) is 15.7. The fraction of sp³-hybridized carbons (Fsp3) is 0.476. The Labute approximate surface area is 169 Å². The highest BCUT2D eigenvalue weighted by Gasteiger charge is 2.35. The molecule has 0 saturated carbocycles. The standard InChI is InChI=1S/C21H28ClO4P/c1-2-3-4-5-6-10-19-20(25-15-21(19)26-27)12-11-17(23)14-24-18-9-7-8-16(22)13-18/h4-5,7-9,11-13,19-21H,2-3,6,10,14-15,27H2,1H3/b5-4-,12-11+/t19-,20-,21?/m1/s1. The smallest absolute Gasteiger partial charge is 0.192 e. The number of ketones is 1. The van der Waals surface area contributed by atoms with Crippen LogP contribution in [-0.2, 0) is 14.1 Å². The Kier molecular flexibility index (Phi) is 10.1. The van der Waals surface area contributed by atoms with Gasteiger partial charge in [-0.2, -0.15) is 0 Å². The molecule has 1 aromatic carbocycles. The number of carbonyl (C=O) groups is 1. The Morgan fingerprint density at radius 2 is 2.19 bits per heavy atom. The molecule has 0 aromatic heterocycles. The second-order valence-corrected chi connectivity index (χ2v) is 7.25. The summed E-state index contributed by atoms with van der Waals surface area (Å²) < 4.78 is 16.8. The van der Waals surface area contributed by atoms with Crippen molar-refractivity contribution in [2.75, 3.05) is 13.2 Å². The zero-order valence-corrected chi connectivity index (χ0v) is 17.6. The first-order chi connectivity index (χ1) is 13.1. The van der Waals surface area contributed by atoms with Crippen LogP contribution >= 0.6 is 21.1 Å². The van der Waals surface area contributed by atoms with Gasteiger partial charge in [0, 0.05) is 20.4 Å². The van der Waals surface area contributed by atoms with Gasteiger partial charge in [-0.3, -0.25) is 4.79 Å².